The first-order valence-electron chi connectivity index (χ1n) is 16.1. The van der Waals surface area contributed by atoms with Gasteiger partial charge in [-0.05, 0) is 50.9 Å². The Kier molecular flexibility index (Phi) is 26.7. The molecular weight excluding hydrogens is 410 g/mol. The Hall–Kier alpha value is -0.480. The summed E-state index contributed by atoms with van der Waals surface area (Å²) in [6, 6.07) is 0. The van der Waals surface area contributed by atoms with Gasteiger partial charge in [-0.25, -0.2) is 0 Å². The summed E-state index contributed by atoms with van der Waals surface area (Å²) in [7, 11) is 0. The summed E-state index contributed by atoms with van der Waals surface area (Å²) in [5, 5.41) is 0. The minimum Gasteiger partial charge on any atom is -0.314 e. The van der Waals surface area contributed by atoms with Gasteiger partial charge in [-0.2, -0.15) is 0 Å². The van der Waals surface area contributed by atoms with Gasteiger partial charge in [-0.3, -0.25) is 0 Å². The normalized spacial score (nSPS) is 11.5. The molecule has 1 heteroatoms. The van der Waals surface area contributed by atoms with E-state index in [4.69, 9.17) is 0 Å². The van der Waals surface area contributed by atoms with E-state index in [0.717, 1.165) is 13.0 Å². The van der Waals surface area contributed by atoms with Gasteiger partial charge in [-0.1, -0.05) is 130 Å². The molecule has 0 amide bonds. The molecule has 0 saturated heterocycles. The van der Waals surface area contributed by atoms with Gasteiger partial charge >= 0.3 is 0 Å². The number of hydrogen-bond donors (Lipinski definition) is 0. The molecule has 0 N–H and O–H groups in total. The topological polar surface area (TPSA) is 0 Å². The second kappa shape index (κ2) is 27.1. The third-order valence-corrected chi connectivity index (χ3v) is 7.65. The molecule has 0 aromatic heterocycles. The van der Waals surface area contributed by atoms with Crippen molar-refractivity contribution in [2.24, 2.45) is 0 Å². The molecule has 1 nitrogen and oxygen atoms in total. The van der Waals surface area contributed by atoms with Gasteiger partial charge in [0, 0.05) is 6.42 Å². The smallest absolute Gasteiger partial charge is 0.140 e. The molecule has 0 fully saturated rings. The lowest BCUT2D eigenvalue weighted by atomic mass is 10.1. The van der Waals surface area contributed by atoms with Crippen LogP contribution in [0.15, 0.2) is 0 Å². The highest BCUT2D eigenvalue weighted by molar-refractivity contribution is 4.99. The summed E-state index contributed by atoms with van der Waals surface area (Å²) >= 11 is 0. The Morgan fingerprint density at radius 2 is 0.676 bits per heavy atom. The Balaban J connectivity index is 4.89. The summed E-state index contributed by atoms with van der Waals surface area (Å²) < 4.78 is 1.30. The average Bonchev–Trinajstić information content (AvgIpc) is 2.85. The van der Waals surface area contributed by atoms with Crippen molar-refractivity contribution >= 4 is 0 Å². The summed E-state index contributed by atoms with van der Waals surface area (Å²) in [6.07, 6.45) is 31.9. The number of unbranched alkanes of at least 4 members (excludes halogenated alkanes) is 19. The van der Waals surface area contributed by atoms with E-state index in [1.165, 1.54) is 165 Å². The molecule has 0 aliphatic carbocycles. The van der Waals surface area contributed by atoms with Crippen LogP contribution >= 0.6 is 0 Å². The molecule has 0 unspecified atom stereocenters. The van der Waals surface area contributed by atoms with Gasteiger partial charge < -0.3 is 4.48 Å². The van der Waals surface area contributed by atoms with E-state index in [0.29, 0.717) is 0 Å². The largest absolute Gasteiger partial charge is 0.314 e. The highest BCUT2D eigenvalue weighted by Gasteiger charge is 2.25. The molecule has 0 aliphatic rings. The summed E-state index contributed by atoms with van der Waals surface area (Å²) in [6.45, 7) is 14.5. The van der Waals surface area contributed by atoms with Crippen molar-refractivity contribution in [3.8, 4) is 11.8 Å². The lowest BCUT2D eigenvalue weighted by Gasteiger charge is -2.38. The maximum atomic E-state index is 3.71. The fourth-order valence-electron chi connectivity index (χ4n) is 5.21. The molecule has 0 aromatic rings. The van der Waals surface area contributed by atoms with Gasteiger partial charge in [0.05, 0.1) is 19.6 Å². The number of quaternary nitrogens is 1. The van der Waals surface area contributed by atoms with Crippen LogP contribution in [0.3, 0.4) is 0 Å². The Labute approximate surface area is 217 Å². The third-order valence-electron chi connectivity index (χ3n) is 7.65. The fraction of sp³-hybridized carbons (Fsp3) is 0.939. The maximum Gasteiger partial charge on any atom is 0.140 e. The van der Waals surface area contributed by atoms with Gasteiger partial charge in [0.1, 0.15) is 6.54 Å². The molecule has 0 spiro atoms. The van der Waals surface area contributed by atoms with Crippen LogP contribution in [0, 0.1) is 11.8 Å². The van der Waals surface area contributed by atoms with Crippen molar-refractivity contribution in [2.45, 2.75) is 175 Å². The zero-order chi connectivity index (χ0) is 25.0. The molecule has 0 aromatic carbocycles. The third kappa shape index (κ3) is 22.0. The molecule has 0 aliphatic heterocycles. The summed E-state index contributed by atoms with van der Waals surface area (Å²) in [4.78, 5) is 0. The number of hydrogen-bond acceptors (Lipinski definition) is 0. The van der Waals surface area contributed by atoms with Crippen LogP contribution in [0.5, 0.6) is 0 Å². The van der Waals surface area contributed by atoms with Gasteiger partial charge in [-0.15, -0.1) is 0 Å². The standard InChI is InChI=1S/C33H66N/c1-5-9-13-17-21-25-29-33-34(30-26-22-18-14-10-6-2,31-27-23-19-15-11-7-3)32-28-24-20-16-12-8-4/h5-24,26-28,30-33H2,1-4H3/q+1. The van der Waals surface area contributed by atoms with E-state index in [9.17, 15) is 0 Å². The molecule has 0 radical (unpaired) electrons. The highest BCUT2D eigenvalue weighted by atomic mass is 15.3. The van der Waals surface area contributed by atoms with Crippen molar-refractivity contribution in [1.29, 1.82) is 0 Å². The second-order valence-electron chi connectivity index (χ2n) is 11.1. The first-order chi connectivity index (χ1) is 16.7. The van der Waals surface area contributed by atoms with Gasteiger partial charge in [0.25, 0.3) is 0 Å². The minimum atomic E-state index is 1.12. The Bertz CT molecular complexity index is 402. The SMILES string of the molecule is CCCCCCC#CC[N+](CCCCCCCC)(CCCCCCCC)CCCCCCCC. The van der Waals surface area contributed by atoms with Crippen LogP contribution in [0.1, 0.15) is 175 Å². The monoisotopic (exact) mass is 477 g/mol. The van der Waals surface area contributed by atoms with Crippen LogP contribution in [-0.4, -0.2) is 30.7 Å². The molecule has 0 atom stereocenters. The van der Waals surface area contributed by atoms with E-state index < -0.39 is 0 Å². The van der Waals surface area contributed by atoms with Crippen molar-refractivity contribution in [2.75, 3.05) is 26.2 Å². The quantitative estimate of drug-likeness (QED) is 0.0661. The zero-order valence-corrected chi connectivity index (χ0v) is 24.5. The minimum absolute atomic E-state index is 1.12. The Morgan fingerprint density at radius 1 is 0.353 bits per heavy atom. The van der Waals surface area contributed by atoms with E-state index in [2.05, 4.69) is 39.5 Å². The van der Waals surface area contributed by atoms with Crippen molar-refractivity contribution in [3.63, 3.8) is 0 Å². The summed E-state index contributed by atoms with van der Waals surface area (Å²) in [5.74, 6) is 7.30. The molecular formula is C33H66N+. The predicted molar refractivity (Wildman–Crippen MR) is 156 cm³/mol. The first-order valence-corrected chi connectivity index (χ1v) is 16.1. The average molecular weight is 477 g/mol. The van der Waals surface area contributed by atoms with Gasteiger partial charge in [0.15, 0.2) is 0 Å². The molecule has 202 valence electrons. The highest BCUT2D eigenvalue weighted by Crippen LogP contribution is 2.18. The van der Waals surface area contributed by atoms with E-state index in [-0.39, 0.29) is 0 Å². The van der Waals surface area contributed by atoms with Crippen LogP contribution in [-0.2, 0) is 0 Å². The van der Waals surface area contributed by atoms with Crippen molar-refractivity contribution in [3.05, 3.63) is 0 Å². The fourth-order valence-corrected chi connectivity index (χ4v) is 5.21. The van der Waals surface area contributed by atoms with Crippen LogP contribution in [0.25, 0.3) is 0 Å². The number of rotatable bonds is 26. The predicted octanol–water partition coefficient (Wildman–Crippen LogP) is 10.9. The van der Waals surface area contributed by atoms with Crippen LogP contribution in [0.2, 0.25) is 0 Å². The Morgan fingerprint density at radius 3 is 1.06 bits per heavy atom. The second-order valence-corrected chi connectivity index (χ2v) is 11.1. The molecule has 0 rings (SSSR count). The zero-order valence-electron chi connectivity index (χ0n) is 24.5. The lowest BCUT2D eigenvalue weighted by Crippen LogP contribution is -2.50. The van der Waals surface area contributed by atoms with Crippen LogP contribution < -0.4 is 0 Å². The summed E-state index contributed by atoms with van der Waals surface area (Å²) in [5.41, 5.74) is 0. The molecule has 0 saturated carbocycles. The van der Waals surface area contributed by atoms with Crippen LogP contribution in [0.4, 0.5) is 0 Å². The van der Waals surface area contributed by atoms with Crippen molar-refractivity contribution < 1.29 is 4.48 Å². The first kappa shape index (κ1) is 33.5. The van der Waals surface area contributed by atoms with Crippen molar-refractivity contribution in [1.82, 2.24) is 0 Å². The number of nitrogens with zero attached hydrogens (tertiary/aromatic N) is 1. The van der Waals surface area contributed by atoms with Gasteiger partial charge in [0.2, 0.25) is 0 Å². The van der Waals surface area contributed by atoms with E-state index in [1.54, 1.807) is 0 Å². The van der Waals surface area contributed by atoms with E-state index >= 15 is 0 Å². The maximum absolute atomic E-state index is 3.71. The lowest BCUT2D eigenvalue weighted by molar-refractivity contribution is -0.922. The molecule has 34 heavy (non-hydrogen) atoms. The molecule has 0 heterocycles. The van der Waals surface area contributed by atoms with E-state index in [1.807, 2.05) is 0 Å². The molecule has 0 bridgehead atoms.